The van der Waals surface area contributed by atoms with Gasteiger partial charge in [-0.3, -0.25) is 10.2 Å². The molecule has 76 valence electrons. The van der Waals surface area contributed by atoms with Gasteiger partial charge in [0.25, 0.3) is 5.91 Å². The fraction of sp³-hybridized carbons (Fsp3) is 0.0909. The first-order valence-electron chi connectivity index (χ1n) is 4.42. The molecule has 0 saturated carbocycles. The smallest absolute Gasteiger partial charge is 0.265 e. The number of nitriles is 1. The van der Waals surface area contributed by atoms with Crippen molar-refractivity contribution < 1.29 is 4.79 Å². The van der Waals surface area contributed by atoms with Crippen molar-refractivity contribution in [3.8, 4) is 6.07 Å². The minimum absolute atomic E-state index is 0.317. The number of allylic oxidation sites excluding steroid dienone is 1. The number of amides is 1. The summed E-state index contributed by atoms with van der Waals surface area (Å²) in [6.07, 6.45) is 3.97. The molecule has 4 heteroatoms. The summed E-state index contributed by atoms with van der Waals surface area (Å²) in [5.74, 6) is 4.67. The molecule has 0 radical (unpaired) electrons. The molecule has 0 atom stereocenters. The Morgan fingerprint density at radius 3 is 2.67 bits per heavy atom. The van der Waals surface area contributed by atoms with Crippen LogP contribution in [0.1, 0.15) is 22.3 Å². The van der Waals surface area contributed by atoms with Gasteiger partial charge in [0, 0.05) is 5.56 Å². The van der Waals surface area contributed by atoms with Crippen molar-refractivity contribution >= 4 is 12.0 Å². The maximum Gasteiger partial charge on any atom is 0.265 e. The van der Waals surface area contributed by atoms with Gasteiger partial charge < -0.3 is 0 Å². The summed E-state index contributed by atoms with van der Waals surface area (Å²) in [7, 11) is 0. The van der Waals surface area contributed by atoms with Crippen LogP contribution in [0.5, 0.6) is 0 Å². The topological polar surface area (TPSA) is 78.9 Å². The Labute approximate surface area is 88.0 Å². The molecule has 1 aromatic rings. The van der Waals surface area contributed by atoms with E-state index in [1.54, 1.807) is 30.3 Å². The highest BCUT2D eigenvalue weighted by molar-refractivity contribution is 5.93. The van der Waals surface area contributed by atoms with Crippen molar-refractivity contribution in [2.24, 2.45) is 5.84 Å². The van der Waals surface area contributed by atoms with Gasteiger partial charge >= 0.3 is 0 Å². The van der Waals surface area contributed by atoms with Gasteiger partial charge in [0.2, 0.25) is 0 Å². The van der Waals surface area contributed by atoms with Crippen LogP contribution in [0.25, 0.3) is 6.08 Å². The first-order valence-corrected chi connectivity index (χ1v) is 4.42. The molecular weight excluding hydrogens is 190 g/mol. The second-order valence-corrected chi connectivity index (χ2v) is 2.86. The molecule has 1 aromatic carbocycles. The average molecular weight is 201 g/mol. The lowest BCUT2D eigenvalue weighted by Gasteiger charge is -1.99. The first-order chi connectivity index (χ1) is 7.27. The van der Waals surface area contributed by atoms with Crippen LogP contribution in [0.3, 0.4) is 0 Å². The van der Waals surface area contributed by atoms with Crippen LogP contribution >= 0.6 is 0 Å². The molecule has 4 nitrogen and oxygen atoms in total. The van der Waals surface area contributed by atoms with Crippen LogP contribution in [-0.4, -0.2) is 5.91 Å². The molecule has 1 rings (SSSR count). The molecule has 0 heterocycles. The van der Waals surface area contributed by atoms with E-state index < -0.39 is 0 Å². The number of nitrogens with zero attached hydrogens (tertiary/aromatic N) is 1. The highest BCUT2D eigenvalue weighted by atomic mass is 16.2. The van der Waals surface area contributed by atoms with Gasteiger partial charge in [-0.05, 0) is 17.7 Å². The van der Waals surface area contributed by atoms with E-state index in [9.17, 15) is 4.79 Å². The molecule has 0 saturated heterocycles. The van der Waals surface area contributed by atoms with Crippen molar-refractivity contribution in [3.05, 3.63) is 41.5 Å². The van der Waals surface area contributed by atoms with Gasteiger partial charge in [0.05, 0.1) is 12.5 Å². The normalized spacial score (nSPS) is 9.87. The van der Waals surface area contributed by atoms with Crippen LogP contribution in [0, 0.1) is 11.3 Å². The van der Waals surface area contributed by atoms with Crippen LogP contribution in [-0.2, 0) is 0 Å². The van der Waals surface area contributed by atoms with Crippen LogP contribution in [0.15, 0.2) is 30.3 Å². The molecule has 0 bridgehead atoms. The summed E-state index contributed by atoms with van der Waals surface area (Å²) in [6.45, 7) is 0. The summed E-state index contributed by atoms with van der Waals surface area (Å²) in [6, 6.07) is 8.94. The van der Waals surface area contributed by atoms with Gasteiger partial charge in [-0.15, -0.1) is 0 Å². The lowest BCUT2D eigenvalue weighted by atomic mass is 10.1. The molecule has 0 unspecified atom stereocenters. The van der Waals surface area contributed by atoms with E-state index in [0.29, 0.717) is 12.0 Å². The molecule has 0 fully saturated rings. The Balaban J connectivity index is 2.73. The van der Waals surface area contributed by atoms with Gasteiger partial charge in [-0.2, -0.15) is 5.26 Å². The highest BCUT2D eigenvalue weighted by Crippen LogP contribution is 2.06. The van der Waals surface area contributed by atoms with Crippen LogP contribution in [0.2, 0.25) is 0 Å². The molecule has 0 aliphatic heterocycles. The van der Waals surface area contributed by atoms with E-state index in [1.807, 2.05) is 12.1 Å². The number of nitrogen functional groups attached to an aromatic ring is 1. The van der Waals surface area contributed by atoms with E-state index in [0.717, 1.165) is 5.56 Å². The van der Waals surface area contributed by atoms with Gasteiger partial charge in [0.1, 0.15) is 0 Å². The van der Waals surface area contributed by atoms with E-state index in [1.165, 1.54) is 0 Å². The number of carbonyl (C=O) groups is 1. The Hall–Kier alpha value is -2.12. The minimum atomic E-state index is -0.317. The van der Waals surface area contributed by atoms with Crippen molar-refractivity contribution in [2.75, 3.05) is 0 Å². The largest absolute Gasteiger partial charge is 0.290 e. The Morgan fingerprint density at radius 2 is 2.13 bits per heavy atom. The van der Waals surface area contributed by atoms with Crippen LogP contribution in [0.4, 0.5) is 0 Å². The van der Waals surface area contributed by atoms with E-state index in [2.05, 4.69) is 5.43 Å². The third-order valence-electron chi connectivity index (χ3n) is 1.82. The van der Waals surface area contributed by atoms with Gasteiger partial charge in [0.15, 0.2) is 0 Å². The van der Waals surface area contributed by atoms with E-state index in [-0.39, 0.29) is 5.91 Å². The summed E-state index contributed by atoms with van der Waals surface area (Å²) in [5.41, 5.74) is 3.51. The first kappa shape index (κ1) is 11.0. The van der Waals surface area contributed by atoms with Gasteiger partial charge in [-0.25, -0.2) is 5.84 Å². The molecule has 1 amide bonds. The lowest BCUT2D eigenvalue weighted by Crippen LogP contribution is -2.29. The van der Waals surface area contributed by atoms with E-state index >= 15 is 0 Å². The number of rotatable bonds is 3. The second kappa shape index (κ2) is 5.58. The summed E-state index contributed by atoms with van der Waals surface area (Å²) in [5, 5.41) is 8.33. The third kappa shape index (κ3) is 3.25. The van der Waals surface area contributed by atoms with E-state index in [4.69, 9.17) is 11.1 Å². The number of hydrazine groups is 1. The number of carbonyl (C=O) groups excluding carboxylic acids is 1. The standard InChI is InChI=1S/C11H11N3O/c12-8-2-1-3-9-4-6-10(7-5-9)11(15)14-13/h1,3-7H,2,13H2,(H,14,15). The fourth-order valence-corrected chi connectivity index (χ4v) is 1.08. The summed E-state index contributed by atoms with van der Waals surface area (Å²) in [4.78, 5) is 11.1. The molecule has 0 aliphatic rings. The average Bonchev–Trinajstić information content (AvgIpc) is 2.29. The summed E-state index contributed by atoms with van der Waals surface area (Å²) < 4.78 is 0. The Bertz CT molecular complexity index is 401. The molecule has 0 aromatic heterocycles. The number of hydrogen-bond donors (Lipinski definition) is 2. The molecular formula is C11H11N3O. The molecule has 0 spiro atoms. The van der Waals surface area contributed by atoms with Gasteiger partial charge in [-0.1, -0.05) is 24.3 Å². The molecule has 15 heavy (non-hydrogen) atoms. The fourth-order valence-electron chi connectivity index (χ4n) is 1.08. The predicted molar refractivity (Wildman–Crippen MR) is 57.4 cm³/mol. The zero-order valence-corrected chi connectivity index (χ0v) is 8.10. The maximum absolute atomic E-state index is 11.1. The van der Waals surface area contributed by atoms with Crippen molar-refractivity contribution in [1.29, 1.82) is 5.26 Å². The Morgan fingerprint density at radius 1 is 1.47 bits per heavy atom. The minimum Gasteiger partial charge on any atom is -0.290 e. The number of nitrogens with two attached hydrogens (primary N) is 1. The van der Waals surface area contributed by atoms with Crippen molar-refractivity contribution in [3.63, 3.8) is 0 Å². The highest BCUT2D eigenvalue weighted by Gasteiger charge is 2.00. The number of hydrogen-bond acceptors (Lipinski definition) is 3. The molecule has 0 aliphatic carbocycles. The molecule has 3 N–H and O–H groups in total. The predicted octanol–water partition coefficient (Wildman–Crippen LogP) is 1.22. The zero-order valence-electron chi connectivity index (χ0n) is 8.10. The van der Waals surface area contributed by atoms with Crippen molar-refractivity contribution in [2.45, 2.75) is 6.42 Å². The lowest BCUT2D eigenvalue weighted by molar-refractivity contribution is 0.0953. The SMILES string of the molecule is N#CCC=Cc1ccc(C(=O)NN)cc1. The van der Waals surface area contributed by atoms with Crippen molar-refractivity contribution in [1.82, 2.24) is 5.43 Å². The zero-order chi connectivity index (χ0) is 11.1. The quantitative estimate of drug-likeness (QED) is 0.438. The monoisotopic (exact) mass is 201 g/mol. The third-order valence-corrected chi connectivity index (χ3v) is 1.82. The number of nitrogens with one attached hydrogen (secondary N) is 1. The van der Waals surface area contributed by atoms with Crippen LogP contribution < -0.4 is 11.3 Å². The Kier molecular flexibility index (Phi) is 4.07. The second-order valence-electron chi connectivity index (χ2n) is 2.86. The maximum atomic E-state index is 11.1. The summed E-state index contributed by atoms with van der Waals surface area (Å²) >= 11 is 0. The number of benzene rings is 1.